The Morgan fingerprint density at radius 2 is 1.71 bits per heavy atom. The Hall–Kier alpha value is -4.30. The predicted octanol–water partition coefficient (Wildman–Crippen LogP) is 4.48. The lowest BCUT2D eigenvalue weighted by Gasteiger charge is -2.35. The molecule has 2 aliphatic rings. The highest BCUT2D eigenvalue weighted by atomic mass is 16.2. The molecule has 2 fully saturated rings. The van der Waals surface area contributed by atoms with E-state index in [1.807, 2.05) is 67.4 Å². The average molecular weight is 564 g/mol. The van der Waals surface area contributed by atoms with E-state index in [0.29, 0.717) is 28.4 Å². The van der Waals surface area contributed by atoms with E-state index < -0.39 is 0 Å². The molecule has 0 atom stereocenters. The van der Waals surface area contributed by atoms with E-state index >= 15 is 0 Å². The number of hydrogen-bond donors (Lipinski definition) is 1. The number of carbonyl (C=O) groups is 2. The van der Waals surface area contributed by atoms with E-state index in [2.05, 4.69) is 22.2 Å². The fraction of sp³-hybridized carbons (Fsp3) is 0.353. The Balaban J connectivity index is 1.44. The van der Waals surface area contributed by atoms with E-state index in [1.165, 1.54) is 0 Å². The van der Waals surface area contributed by atoms with Gasteiger partial charge in [0.1, 0.15) is 0 Å². The lowest BCUT2D eigenvalue weighted by Crippen LogP contribution is -2.44. The quantitative estimate of drug-likeness (QED) is 0.358. The molecule has 0 unspecified atom stereocenters. The minimum Gasteiger partial charge on any atom is -0.349 e. The van der Waals surface area contributed by atoms with Crippen LogP contribution in [0.3, 0.4) is 0 Å². The van der Waals surface area contributed by atoms with E-state index in [9.17, 15) is 14.4 Å². The number of aryl methyl sites for hydroxylation is 1. The number of amides is 2. The van der Waals surface area contributed by atoms with Crippen molar-refractivity contribution >= 4 is 22.6 Å². The van der Waals surface area contributed by atoms with Crippen LogP contribution in [0.15, 0.2) is 71.9 Å². The second-order valence-electron chi connectivity index (χ2n) is 11.8. The summed E-state index contributed by atoms with van der Waals surface area (Å²) in [6.45, 7) is 4.24. The van der Waals surface area contributed by atoms with Gasteiger partial charge in [-0.25, -0.2) is 0 Å². The van der Waals surface area contributed by atoms with Crippen molar-refractivity contribution in [3.63, 3.8) is 0 Å². The largest absolute Gasteiger partial charge is 0.349 e. The summed E-state index contributed by atoms with van der Waals surface area (Å²) in [6, 6.07) is 15.5. The maximum absolute atomic E-state index is 14.2. The number of nitrogens with zero attached hydrogens (tertiary/aromatic N) is 4. The van der Waals surface area contributed by atoms with Gasteiger partial charge in [0.25, 0.3) is 17.4 Å². The Bertz CT molecular complexity index is 1700. The van der Waals surface area contributed by atoms with Crippen LogP contribution >= 0.6 is 0 Å². The number of pyridine rings is 2. The van der Waals surface area contributed by atoms with Crippen LogP contribution in [0.1, 0.15) is 57.5 Å². The van der Waals surface area contributed by atoms with E-state index in [0.717, 1.165) is 61.0 Å². The minimum absolute atomic E-state index is 0.0749. The Morgan fingerprint density at radius 1 is 0.976 bits per heavy atom. The third-order valence-electron chi connectivity index (χ3n) is 8.70. The third-order valence-corrected chi connectivity index (χ3v) is 8.70. The second kappa shape index (κ2) is 11.5. The van der Waals surface area contributed by atoms with Gasteiger partial charge in [-0.05, 0) is 111 Å². The van der Waals surface area contributed by atoms with Gasteiger partial charge in [0.15, 0.2) is 0 Å². The molecular weight excluding hydrogens is 526 g/mol. The van der Waals surface area contributed by atoms with Gasteiger partial charge >= 0.3 is 0 Å². The molecule has 8 nitrogen and oxygen atoms in total. The van der Waals surface area contributed by atoms with E-state index in [1.54, 1.807) is 23.2 Å². The molecule has 1 saturated carbocycles. The second-order valence-corrected chi connectivity index (χ2v) is 11.8. The average Bonchev–Trinajstić information content (AvgIpc) is 3.83. The van der Waals surface area contributed by atoms with Crippen molar-refractivity contribution in [1.29, 1.82) is 0 Å². The maximum atomic E-state index is 14.2. The van der Waals surface area contributed by atoms with Crippen molar-refractivity contribution in [1.82, 2.24) is 24.7 Å². The number of likely N-dealkylation sites (tertiary alicyclic amines) is 1. The number of benzene rings is 2. The van der Waals surface area contributed by atoms with Crippen LogP contribution in [-0.4, -0.2) is 70.4 Å². The van der Waals surface area contributed by atoms with Crippen molar-refractivity contribution in [2.45, 2.75) is 51.2 Å². The SMILES string of the molecule is Cc1ccc(C(=O)NC2CC2)cc1-c1ccc2c(=O)n(Cc3ccncc3)cc(C(=O)N(C)C3CCN(C)CC3)c2c1. The van der Waals surface area contributed by atoms with Gasteiger partial charge in [-0.1, -0.05) is 12.1 Å². The van der Waals surface area contributed by atoms with Crippen molar-refractivity contribution < 1.29 is 9.59 Å². The summed E-state index contributed by atoms with van der Waals surface area (Å²) in [5.74, 6) is -0.168. The molecule has 2 amide bonds. The highest BCUT2D eigenvalue weighted by Crippen LogP contribution is 2.30. The highest BCUT2D eigenvalue weighted by Gasteiger charge is 2.27. The molecular formula is C34H37N5O3. The molecule has 3 heterocycles. The molecule has 2 aromatic heterocycles. The summed E-state index contributed by atoms with van der Waals surface area (Å²) in [5.41, 5.74) is 4.67. The van der Waals surface area contributed by atoms with Crippen LogP contribution < -0.4 is 10.9 Å². The summed E-state index contributed by atoms with van der Waals surface area (Å²) >= 11 is 0. The molecule has 6 rings (SSSR count). The highest BCUT2D eigenvalue weighted by molar-refractivity contribution is 6.07. The summed E-state index contributed by atoms with van der Waals surface area (Å²) in [6.07, 6.45) is 8.99. The van der Waals surface area contributed by atoms with Crippen molar-refractivity contribution in [2.24, 2.45) is 0 Å². The number of nitrogens with one attached hydrogen (secondary N) is 1. The Morgan fingerprint density at radius 3 is 2.43 bits per heavy atom. The number of aromatic nitrogens is 2. The van der Waals surface area contributed by atoms with Crippen LogP contribution in [-0.2, 0) is 6.54 Å². The van der Waals surface area contributed by atoms with Gasteiger partial charge in [0.2, 0.25) is 0 Å². The maximum Gasteiger partial charge on any atom is 0.258 e. The molecule has 0 spiro atoms. The molecule has 4 aromatic rings. The standard InChI is InChI=1S/C34H37N5O3/c1-22-4-5-25(32(40)36-26-7-8-26)19-29(22)24-6-9-28-30(18-24)31(33(41)38(3)27-12-16-37(2)17-13-27)21-39(34(28)42)20-23-10-14-35-15-11-23/h4-6,9-11,14-15,18-19,21,26-27H,7-8,12-13,16-17,20H2,1-3H3,(H,36,40). The first-order valence-corrected chi connectivity index (χ1v) is 14.7. The minimum atomic E-state index is -0.152. The fourth-order valence-electron chi connectivity index (χ4n) is 5.84. The molecule has 1 saturated heterocycles. The molecule has 216 valence electrons. The lowest BCUT2D eigenvalue weighted by atomic mass is 9.94. The van der Waals surface area contributed by atoms with Crippen molar-refractivity contribution in [3.05, 3.63) is 99.7 Å². The Labute approximate surface area is 246 Å². The van der Waals surface area contributed by atoms with Crippen molar-refractivity contribution in [3.8, 4) is 11.1 Å². The van der Waals surface area contributed by atoms with Gasteiger partial charge in [-0.3, -0.25) is 19.4 Å². The number of rotatable bonds is 7. The molecule has 1 aliphatic carbocycles. The molecule has 0 radical (unpaired) electrons. The van der Waals surface area contributed by atoms with Gasteiger partial charge in [0.05, 0.1) is 12.1 Å². The fourth-order valence-corrected chi connectivity index (χ4v) is 5.84. The molecule has 1 aliphatic heterocycles. The van der Waals surface area contributed by atoms with Crippen molar-refractivity contribution in [2.75, 3.05) is 27.2 Å². The summed E-state index contributed by atoms with van der Waals surface area (Å²) in [7, 11) is 3.98. The normalized spacial score (nSPS) is 16.0. The third kappa shape index (κ3) is 5.72. The lowest BCUT2D eigenvalue weighted by molar-refractivity contribution is 0.0660. The zero-order valence-electron chi connectivity index (χ0n) is 24.5. The van der Waals surface area contributed by atoms with Gasteiger partial charge in [0, 0.05) is 54.1 Å². The predicted molar refractivity (Wildman–Crippen MR) is 165 cm³/mol. The topological polar surface area (TPSA) is 87.5 Å². The van der Waals surface area contributed by atoms with Gasteiger partial charge < -0.3 is 19.7 Å². The number of carbonyl (C=O) groups excluding carboxylic acids is 2. The zero-order chi connectivity index (χ0) is 29.4. The van der Waals surface area contributed by atoms with Gasteiger partial charge in [-0.2, -0.15) is 0 Å². The molecule has 2 aromatic carbocycles. The van der Waals surface area contributed by atoms with E-state index in [-0.39, 0.29) is 29.5 Å². The van der Waals surface area contributed by atoms with Crippen LogP contribution in [0.2, 0.25) is 0 Å². The number of fused-ring (bicyclic) bond motifs is 1. The summed E-state index contributed by atoms with van der Waals surface area (Å²) < 4.78 is 1.63. The summed E-state index contributed by atoms with van der Waals surface area (Å²) in [4.78, 5) is 48.9. The first-order chi connectivity index (χ1) is 20.3. The Kier molecular flexibility index (Phi) is 7.64. The van der Waals surface area contributed by atoms with Crippen LogP contribution in [0.25, 0.3) is 21.9 Å². The first-order valence-electron chi connectivity index (χ1n) is 14.7. The molecule has 1 N–H and O–H groups in total. The monoisotopic (exact) mass is 563 g/mol. The number of hydrogen-bond acceptors (Lipinski definition) is 5. The first kappa shape index (κ1) is 27.8. The summed E-state index contributed by atoms with van der Waals surface area (Å²) in [5, 5.41) is 4.18. The zero-order valence-corrected chi connectivity index (χ0v) is 24.5. The van der Waals surface area contributed by atoms with Crippen LogP contribution in [0.4, 0.5) is 0 Å². The smallest absolute Gasteiger partial charge is 0.258 e. The van der Waals surface area contributed by atoms with E-state index in [4.69, 9.17) is 0 Å². The molecule has 42 heavy (non-hydrogen) atoms. The van der Waals surface area contributed by atoms with Crippen LogP contribution in [0, 0.1) is 6.92 Å². The molecule has 0 bridgehead atoms. The van der Waals surface area contributed by atoms with Gasteiger partial charge in [-0.15, -0.1) is 0 Å². The van der Waals surface area contributed by atoms with Crippen LogP contribution in [0.5, 0.6) is 0 Å². The number of piperidine rings is 1. The molecule has 8 heteroatoms.